The van der Waals surface area contributed by atoms with Crippen molar-refractivity contribution >= 4 is 0 Å². The van der Waals surface area contributed by atoms with E-state index in [0.717, 1.165) is 26.2 Å². The molecule has 1 fully saturated rings. The van der Waals surface area contributed by atoms with Crippen LogP contribution in [0.25, 0.3) is 0 Å². The van der Waals surface area contributed by atoms with Gasteiger partial charge < -0.3 is 10.5 Å². The van der Waals surface area contributed by atoms with E-state index < -0.39 is 0 Å². The van der Waals surface area contributed by atoms with Crippen LogP contribution in [-0.2, 0) is 4.74 Å². The van der Waals surface area contributed by atoms with Gasteiger partial charge in [0, 0.05) is 6.61 Å². The van der Waals surface area contributed by atoms with Crippen molar-refractivity contribution in [3.05, 3.63) is 0 Å². The topological polar surface area (TPSA) is 35.2 Å². The van der Waals surface area contributed by atoms with Crippen molar-refractivity contribution in [2.75, 3.05) is 19.8 Å². The molecule has 0 amide bonds. The van der Waals surface area contributed by atoms with Crippen LogP contribution in [0.1, 0.15) is 20.3 Å². The Morgan fingerprint density at radius 3 is 2.44 bits per heavy atom. The van der Waals surface area contributed by atoms with Crippen molar-refractivity contribution < 1.29 is 4.74 Å². The van der Waals surface area contributed by atoms with Gasteiger partial charge in [-0.3, -0.25) is 0 Å². The molecule has 0 aromatic heterocycles. The Morgan fingerprint density at radius 1 is 1.56 bits per heavy atom. The van der Waals surface area contributed by atoms with Gasteiger partial charge in [0.15, 0.2) is 0 Å². The zero-order chi connectivity index (χ0) is 7.11. The van der Waals surface area contributed by atoms with E-state index in [1.54, 1.807) is 0 Å². The third-order valence-corrected chi connectivity index (χ3v) is 1.36. The molecule has 1 aliphatic rings. The highest BCUT2D eigenvalue weighted by Gasteiger charge is 2.12. The number of nitrogens with two attached hydrogens (primary N) is 1. The molecular formula is C7H17NO. The first-order valence-corrected chi connectivity index (χ1v) is 3.71. The van der Waals surface area contributed by atoms with Crippen LogP contribution in [0.3, 0.4) is 0 Å². The molecule has 0 saturated carbocycles. The Labute approximate surface area is 57.4 Å². The molecular weight excluding hydrogens is 114 g/mol. The van der Waals surface area contributed by atoms with E-state index in [1.165, 1.54) is 0 Å². The lowest BCUT2D eigenvalue weighted by Gasteiger charge is -1.97. The third-order valence-electron chi connectivity index (χ3n) is 1.36. The van der Waals surface area contributed by atoms with Gasteiger partial charge in [-0.1, -0.05) is 13.8 Å². The van der Waals surface area contributed by atoms with Crippen molar-refractivity contribution in [1.29, 1.82) is 0 Å². The standard InChI is InChI=1S/C5H11NO.C2H6/c6-3-5-1-2-7-4-5;1-2/h5H,1-4,6H2;1-2H3. The molecule has 0 aliphatic carbocycles. The van der Waals surface area contributed by atoms with Crippen molar-refractivity contribution in [3.63, 3.8) is 0 Å². The second kappa shape index (κ2) is 6.05. The summed E-state index contributed by atoms with van der Waals surface area (Å²) in [6.45, 7) is 6.60. The molecule has 1 atom stereocenters. The molecule has 0 radical (unpaired) electrons. The van der Waals surface area contributed by atoms with Crippen LogP contribution in [0.2, 0.25) is 0 Å². The minimum Gasteiger partial charge on any atom is -0.381 e. The van der Waals surface area contributed by atoms with E-state index in [2.05, 4.69) is 0 Å². The van der Waals surface area contributed by atoms with Crippen LogP contribution in [0.4, 0.5) is 0 Å². The van der Waals surface area contributed by atoms with Gasteiger partial charge in [0.05, 0.1) is 6.61 Å². The van der Waals surface area contributed by atoms with Crippen LogP contribution in [0, 0.1) is 5.92 Å². The molecule has 1 saturated heterocycles. The lowest BCUT2D eigenvalue weighted by Crippen LogP contribution is -2.13. The number of rotatable bonds is 1. The number of hydrogen-bond acceptors (Lipinski definition) is 2. The summed E-state index contributed by atoms with van der Waals surface area (Å²) < 4.78 is 5.07. The first-order chi connectivity index (χ1) is 4.43. The lowest BCUT2D eigenvalue weighted by atomic mass is 10.1. The highest BCUT2D eigenvalue weighted by atomic mass is 16.5. The van der Waals surface area contributed by atoms with E-state index in [1.807, 2.05) is 13.8 Å². The summed E-state index contributed by atoms with van der Waals surface area (Å²) in [4.78, 5) is 0. The molecule has 1 heterocycles. The maximum absolute atomic E-state index is 5.35. The summed E-state index contributed by atoms with van der Waals surface area (Å²) >= 11 is 0. The first kappa shape index (κ1) is 8.92. The van der Waals surface area contributed by atoms with Gasteiger partial charge in [0.2, 0.25) is 0 Å². The van der Waals surface area contributed by atoms with Crippen LogP contribution in [0.5, 0.6) is 0 Å². The number of ether oxygens (including phenoxy) is 1. The predicted molar refractivity (Wildman–Crippen MR) is 39.3 cm³/mol. The van der Waals surface area contributed by atoms with E-state index in [9.17, 15) is 0 Å². The average molecular weight is 131 g/mol. The van der Waals surface area contributed by atoms with Gasteiger partial charge in [-0.2, -0.15) is 0 Å². The monoisotopic (exact) mass is 131 g/mol. The summed E-state index contributed by atoms with van der Waals surface area (Å²) in [5, 5.41) is 0. The highest BCUT2D eigenvalue weighted by molar-refractivity contribution is 4.63. The average Bonchev–Trinajstić information content (AvgIpc) is 2.43. The van der Waals surface area contributed by atoms with Crippen LogP contribution >= 0.6 is 0 Å². The quantitative estimate of drug-likeness (QED) is 0.576. The molecule has 0 aromatic rings. The van der Waals surface area contributed by atoms with Gasteiger partial charge in [-0.15, -0.1) is 0 Å². The fourth-order valence-corrected chi connectivity index (χ4v) is 0.769. The molecule has 2 N–H and O–H groups in total. The van der Waals surface area contributed by atoms with Crippen LogP contribution in [0.15, 0.2) is 0 Å². The van der Waals surface area contributed by atoms with Gasteiger partial charge in [0.1, 0.15) is 0 Å². The SMILES string of the molecule is CC.NCC1CCOC1. The molecule has 1 rings (SSSR count). The normalized spacial score (nSPS) is 25.0. The largest absolute Gasteiger partial charge is 0.381 e. The zero-order valence-electron chi connectivity index (χ0n) is 6.39. The second-order valence-electron chi connectivity index (χ2n) is 1.97. The Kier molecular flexibility index (Phi) is 5.99. The molecule has 9 heavy (non-hydrogen) atoms. The second-order valence-corrected chi connectivity index (χ2v) is 1.97. The summed E-state index contributed by atoms with van der Waals surface area (Å²) in [7, 11) is 0. The maximum Gasteiger partial charge on any atom is 0.0507 e. The Morgan fingerprint density at radius 2 is 2.22 bits per heavy atom. The molecule has 0 aromatic carbocycles. The molecule has 1 unspecified atom stereocenters. The van der Waals surface area contributed by atoms with E-state index in [-0.39, 0.29) is 0 Å². The third kappa shape index (κ3) is 3.49. The molecule has 0 spiro atoms. The summed E-state index contributed by atoms with van der Waals surface area (Å²) in [5.74, 6) is 0.653. The molecule has 2 nitrogen and oxygen atoms in total. The lowest BCUT2D eigenvalue weighted by molar-refractivity contribution is 0.187. The highest BCUT2D eigenvalue weighted by Crippen LogP contribution is 2.08. The summed E-state index contributed by atoms with van der Waals surface area (Å²) in [5.41, 5.74) is 5.35. The fourth-order valence-electron chi connectivity index (χ4n) is 0.769. The zero-order valence-corrected chi connectivity index (χ0v) is 6.39. The summed E-state index contributed by atoms with van der Waals surface area (Å²) in [6, 6.07) is 0. The Balaban J connectivity index is 0.000000291. The van der Waals surface area contributed by atoms with Crippen molar-refractivity contribution in [2.24, 2.45) is 11.7 Å². The fraction of sp³-hybridized carbons (Fsp3) is 1.00. The minimum absolute atomic E-state index is 0.653. The van der Waals surface area contributed by atoms with Gasteiger partial charge in [-0.25, -0.2) is 0 Å². The van der Waals surface area contributed by atoms with Crippen LogP contribution < -0.4 is 5.73 Å². The first-order valence-electron chi connectivity index (χ1n) is 3.71. The molecule has 1 aliphatic heterocycles. The Hall–Kier alpha value is -0.0800. The predicted octanol–water partition coefficient (Wildman–Crippen LogP) is 1.01. The van der Waals surface area contributed by atoms with Crippen LogP contribution in [-0.4, -0.2) is 19.8 Å². The Bertz CT molecular complexity index is 50.9. The van der Waals surface area contributed by atoms with Crippen molar-refractivity contribution in [1.82, 2.24) is 0 Å². The minimum atomic E-state index is 0.653. The van der Waals surface area contributed by atoms with Crippen molar-refractivity contribution in [3.8, 4) is 0 Å². The number of hydrogen-bond donors (Lipinski definition) is 1. The smallest absolute Gasteiger partial charge is 0.0507 e. The summed E-state index contributed by atoms with van der Waals surface area (Å²) in [6.07, 6.45) is 1.16. The van der Waals surface area contributed by atoms with Gasteiger partial charge in [0.25, 0.3) is 0 Å². The van der Waals surface area contributed by atoms with Gasteiger partial charge in [-0.05, 0) is 18.9 Å². The maximum atomic E-state index is 5.35. The molecule has 0 bridgehead atoms. The van der Waals surface area contributed by atoms with E-state index >= 15 is 0 Å². The van der Waals surface area contributed by atoms with E-state index in [0.29, 0.717) is 5.92 Å². The van der Waals surface area contributed by atoms with Crippen molar-refractivity contribution in [2.45, 2.75) is 20.3 Å². The molecule has 56 valence electrons. The molecule has 2 heteroatoms. The van der Waals surface area contributed by atoms with Gasteiger partial charge >= 0.3 is 0 Å². The van der Waals surface area contributed by atoms with E-state index in [4.69, 9.17) is 10.5 Å².